The first-order valence-electron chi connectivity index (χ1n) is 10.4. The Labute approximate surface area is 189 Å². The Morgan fingerprint density at radius 2 is 1.97 bits per heavy atom. The molecule has 0 fully saturated rings. The molecule has 3 heterocycles. The molecule has 5 rings (SSSR count). The molecule has 0 atom stereocenters. The number of pyridine rings is 1. The van der Waals surface area contributed by atoms with E-state index in [0.717, 1.165) is 22.6 Å². The maximum atomic E-state index is 12.9. The minimum Gasteiger partial charge on any atom is -0.487 e. The van der Waals surface area contributed by atoms with Crippen molar-refractivity contribution < 1.29 is 9.53 Å². The molecular formula is C24H21N7O2. The van der Waals surface area contributed by atoms with Crippen LogP contribution in [0.4, 0.5) is 5.69 Å². The Kier molecular flexibility index (Phi) is 5.27. The second-order valence-electron chi connectivity index (χ2n) is 7.61. The first-order valence-corrected chi connectivity index (χ1v) is 10.4. The number of benzene rings is 2. The molecule has 0 unspecified atom stereocenters. The summed E-state index contributed by atoms with van der Waals surface area (Å²) in [5.74, 6) is 1.02. The van der Waals surface area contributed by atoms with Crippen LogP contribution in [0.5, 0.6) is 5.75 Å². The van der Waals surface area contributed by atoms with Gasteiger partial charge in [0.2, 0.25) is 0 Å². The molecular weight excluding hydrogens is 418 g/mol. The molecule has 0 saturated carbocycles. The molecule has 9 heteroatoms. The predicted molar refractivity (Wildman–Crippen MR) is 123 cm³/mol. The van der Waals surface area contributed by atoms with Crippen LogP contribution in [0.1, 0.15) is 27.4 Å². The van der Waals surface area contributed by atoms with Gasteiger partial charge in [-0.1, -0.05) is 18.2 Å². The summed E-state index contributed by atoms with van der Waals surface area (Å²) in [5, 5.41) is 14.6. The highest BCUT2D eigenvalue weighted by Crippen LogP contribution is 2.21. The number of rotatable bonds is 6. The van der Waals surface area contributed by atoms with Crippen LogP contribution in [0.3, 0.4) is 0 Å². The molecule has 9 nitrogen and oxygen atoms in total. The van der Waals surface area contributed by atoms with Gasteiger partial charge in [-0.2, -0.15) is 4.68 Å². The van der Waals surface area contributed by atoms with Crippen molar-refractivity contribution in [2.24, 2.45) is 0 Å². The summed E-state index contributed by atoms with van der Waals surface area (Å²) >= 11 is 0. The quantitative estimate of drug-likeness (QED) is 0.433. The average molecular weight is 439 g/mol. The highest BCUT2D eigenvalue weighted by atomic mass is 16.5. The first kappa shape index (κ1) is 20.4. The van der Waals surface area contributed by atoms with E-state index < -0.39 is 0 Å². The van der Waals surface area contributed by atoms with E-state index in [4.69, 9.17) is 4.74 Å². The average Bonchev–Trinajstić information content (AvgIpc) is 3.44. The van der Waals surface area contributed by atoms with Crippen molar-refractivity contribution in [3.8, 4) is 11.4 Å². The van der Waals surface area contributed by atoms with Crippen molar-refractivity contribution in [2.45, 2.75) is 20.5 Å². The van der Waals surface area contributed by atoms with Crippen LogP contribution >= 0.6 is 0 Å². The molecule has 0 spiro atoms. The predicted octanol–water partition coefficient (Wildman–Crippen LogP) is 3.76. The van der Waals surface area contributed by atoms with Gasteiger partial charge in [-0.25, -0.2) is 4.98 Å². The van der Waals surface area contributed by atoms with E-state index in [1.54, 1.807) is 22.9 Å². The van der Waals surface area contributed by atoms with Crippen LogP contribution in [-0.4, -0.2) is 35.5 Å². The highest BCUT2D eigenvalue weighted by molar-refractivity contribution is 6.04. The van der Waals surface area contributed by atoms with Crippen LogP contribution in [0.25, 0.3) is 11.3 Å². The zero-order valence-corrected chi connectivity index (χ0v) is 18.1. The van der Waals surface area contributed by atoms with E-state index >= 15 is 0 Å². The molecule has 0 aliphatic heterocycles. The van der Waals surface area contributed by atoms with Gasteiger partial charge in [-0.3, -0.25) is 4.79 Å². The van der Waals surface area contributed by atoms with Crippen molar-refractivity contribution in [1.82, 2.24) is 29.6 Å². The second kappa shape index (κ2) is 8.54. The van der Waals surface area contributed by atoms with Gasteiger partial charge in [0.05, 0.1) is 11.4 Å². The number of ether oxygens (including phenoxy) is 1. The summed E-state index contributed by atoms with van der Waals surface area (Å²) in [7, 11) is 0. The molecule has 33 heavy (non-hydrogen) atoms. The Hall–Kier alpha value is -4.53. The SMILES string of the molecule is Cc1ccc(NC(=O)c2cccc(OCc3cn4ccccc4n3)c2)cc1-n1nnnc1C. The van der Waals surface area contributed by atoms with Gasteiger partial charge < -0.3 is 14.5 Å². The topological polar surface area (TPSA) is 99.2 Å². The van der Waals surface area contributed by atoms with Crippen molar-refractivity contribution in [1.29, 1.82) is 0 Å². The molecule has 0 saturated heterocycles. The molecule has 0 aliphatic carbocycles. The first-order chi connectivity index (χ1) is 16.1. The fourth-order valence-electron chi connectivity index (χ4n) is 3.51. The molecule has 5 aromatic rings. The summed E-state index contributed by atoms with van der Waals surface area (Å²) in [5.41, 5.74) is 4.60. The number of anilines is 1. The fraction of sp³-hybridized carbons (Fsp3) is 0.125. The third kappa shape index (κ3) is 4.29. The maximum absolute atomic E-state index is 12.9. The third-order valence-electron chi connectivity index (χ3n) is 5.22. The molecule has 1 N–H and O–H groups in total. The van der Waals surface area contributed by atoms with Gasteiger partial charge in [0, 0.05) is 23.6 Å². The lowest BCUT2D eigenvalue weighted by molar-refractivity contribution is 0.102. The van der Waals surface area contributed by atoms with Gasteiger partial charge in [-0.05, 0) is 72.3 Å². The van der Waals surface area contributed by atoms with Gasteiger partial charge in [-0.15, -0.1) is 5.10 Å². The van der Waals surface area contributed by atoms with Crippen LogP contribution < -0.4 is 10.1 Å². The van der Waals surface area contributed by atoms with Crippen LogP contribution in [0.15, 0.2) is 73.1 Å². The van der Waals surface area contributed by atoms with E-state index in [0.29, 0.717) is 29.4 Å². The number of nitrogens with one attached hydrogen (secondary N) is 1. The molecule has 3 aromatic heterocycles. The minimum atomic E-state index is -0.239. The van der Waals surface area contributed by atoms with Crippen molar-refractivity contribution in [3.05, 3.63) is 95.7 Å². The molecule has 0 radical (unpaired) electrons. The number of aryl methyl sites for hydroxylation is 2. The number of fused-ring (bicyclic) bond motifs is 1. The smallest absolute Gasteiger partial charge is 0.255 e. The Morgan fingerprint density at radius 1 is 1.06 bits per heavy atom. The number of nitrogens with zero attached hydrogens (tertiary/aromatic N) is 6. The lowest BCUT2D eigenvalue weighted by Crippen LogP contribution is -2.13. The van der Waals surface area contributed by atoms with E-state index in [1.165, 1.54) is 0 Å². The largest absolute Gasteiger partial charge is 0.487 e. The molecule has 1 amide bonds. The zero-order chi connectivity index (χ0) is 22.8. The summed E-state index contributed by atoms with van der Waals surface area (Å²) < 4.78 is 9.46. The number of hydrogen-bond donors (Lipinski definition) is 1. The second-order valence-corrected chi connectivity index (χ2v) is 7.61. The van der Waals surface area contributed by atoms with Gasteiger partial charge >= 0.3 is 0 Å². The highest BCUT2D eigenvalue weighted by Gasteiger charge is 2.12. The minimum absolute atomic E-state index is 0.239. The lowest BCUT2D eigenvalue weighted by atomic mass is 10.1. The number of aromatic nitrogens is 6. The number of hydrogen-bond acceptors (Lipinski definition) is 6. The third-order valence-corrected chi connectivity index (χ3v) is 5.22. The summed E-state index contributed by atoms with van der Waals surface area (Å²) in [6, 6.07) is 18.5. The van der Waals surface area contributed by atoms with E-state index in [9.17, 15) is 4.79 Å². The molecule has 2 aromatic carbocycles. The normalized spacial score (nSPS) is 11.0. The number of carbonyl (C=O) groups is 1. The van der Waals surface area contributed by atoms with Crippen molar-refractivity contribution >= 4 is 17.2 Å². The van der Waals surface area contributed by atoms with Crippen LogP contribution in [0.2, 0.25) is 0 Å². The Bertz CT molecular complexity index is 1420. The van der Waals surface area contributed by atoms with E-state index in [2.05, 4.69) is 25.8 Å². The van der Waals surface area contributed by atoms with Gasteiger partial charge in [0.25, 0.3) is 5.91 Å². The van der Waals surface area contributed by atoms with Crippen molar-refractivity contribution in [3.63, 3.8) is 0 Å². The monoisotopic (exact) mass is 439 g/mol. The van der Waals surface area contributed by atoms with Crippen LogP contribution in [0, 0.1) is 13.8 Å². The van der Waals surface area contributed by atoms with Crippen LogP contribution in [-0.2, 0) is 6.61 Å². The van der Waals surface area contributed by atoms with Gasteiger partial charge in [0.15, 0.2) is 5.82 Å². The number of carbonyl (C=O) groups excluding carboxylic acids is 1. The van der Waals surface area contributed by atoms with Crippen molar-refractivity contribution in [2.75, 3.05) is 5.32 Å². The standard InChI is InChI=1S/C24H21N7O2/c1-16-9-10-19(13-22(16)31-17(2)27-28-29-31)26-24(32)18-6-5-7-21(12-18)33-15-20-14-30-11-4-3-8-23(30)25-20/h3-14H,15H2,1-2H3,(H,26,32). The number of imidazole rings is 1. The Balaban J connectivity index is 1.29. The summed E-state index contributed by atoms with van der Waals surface area (Å²) in [6.07, 6.45) is 3.86. The summed E-state index contributed by atoms with van der Waals surface area (Å²) in [6.45, 7) is 4.09. The molecule has 164 valence electrons. The molecule has 0 bridgehead atoms. The number of amides is 1. The summed E-state index contributed by atoms with van der Waals surface area (Å²) in [4.78, 5) is 17.4. The van der Waals surface area contributed by atoms with Gasteiger partial charge in [0.1, 0.15) is 18.0 Å². The molecule has 0 aliphatic rings. The van der Waals surface area contributed by atoms with E-state index in [1.807, 2.05) is 73.1 Å². The maximum Gasteiger partial charge on any atom is 0.255 e. The lowest BCUT2D eigenvalue weighted by Gasteiger charge is -2.11. The van der Waals surface area contributed by atoms with E-state index in [-0.39, 0.29) is 5.91 Å². The zero-order valence-electron chi connectivity index (χ0n) is 18.1. The Morgan fingerprint density at radius 3 is 2.79 bits per heavy atom. The number of tetrazole rings is 1. The fourth-order valence-corrected chi connectivity index (χ4v) is 3.51.